The van der Waals surface area contributed by atoms with E-state index in [0.29, 0.717) is 37.7 Å². The number of para-hydroxylation sites is 2. The first-order chi connectivity index (χ1) is 12.3. The van der Waals surface area contributed by atoms with Gasteiger partial charge in [-0.3, -0.25) is 0 Å². The molecule has 0 spiro atoms. The number of hydrogen-bond acceptors (Lipinski definition) is 6. The van der Waals surface area contributed by atoms with Crippen LogP contribution in [-0.4, -0.2) is 62.4 Å². The normalized spacial score (nSPS) is 14.3. The molecule has 8 heteroatoms. The zero-order valence-electron chi connectivity index (χ0n) is 14.2. The van der Waals surface area contributed by atoms with Crippen molar-refractivity contribution in [3.05, 3.63) is 35.8 Å². The first kappa shape index (κ1) is 17.3. The molecule has 1 N–H and O–H groups in total. The average molecular weight is 362 g/mol. The van der Waals surface area contributed by atoms with Gasteiger partial charge in [0.1, 0.15) is 6.61 Å². The van der Waals surface area contributed by atoms with Crippen molar-refractivity contribution in [3.8, 4) is 11.5 Å². The molecule has 0 saturated carbocycles. The van der Waals surface area contributed by atoms with Gasteiger partial charge in [0, 0.05) is 37.8 Å². The number of nitrogens with zero attached hydrogens (tertiary/aromatic N) is 3. The second kappa shape index (κ2) is 8.57. The van der Waals surface area contributed by atoms with Crippen molar-refractivity contribution in [2.45, 2.75) is 0 Å². The van der Waals surface area contributed by atoms with Crippen molar-refractivity contribution >= 4 is 22.5 Å². The molecular formula is C17H22N4O3S. The monoisotopic (exact) mass is 362 g/mol. The molecule has 0 aliphatic carbocycles. The fourth-order valence-corrected chi connectivity index (χ4v) is 3.34. The van der Waals surface area contributed by atoms with Gasteiger partial charge in [0.2, 0.25) is 0 Å². The maximum Gasteiger partial charge on any atom is 0.317 e. The lowest BCUT2D eigenvalue weighted by Crippen LogP contribution is -2.52. The SMILES string of the molecule is COc1ccccc1OCCNC(=O)N1CCN(c2nccs2)CC1. The third-order valence-electron chi connectivity index (χ3n) is 3.96. The van der Waals surface area contributed by atoms with E-state index < -0.39 is 0 Å². The molecule has 2 aromatic rings. The Morgan fingerprint density at radius 2 is 2.00 bits per heavy atom. The summed E-state index contributed by atoms with van der Waals surface area (Å²) in [5, 5.41) is 5.89. The van der Waals surface area contributed by atoms with Gasteiger partial charge in [-0.2, -0.15) is 0 Å². The van der Waals surface area contributed by atoms with E-state index in [1.54, 1.807) is 24.6 Å². The fraction of sp³-hybridized carbons (Fsp3) is 0.412. The molecule has 2 amide bonds. The third kappa shape index (κ3) is 4.54. The van der Waals surface area contributed by atoms with Crippen LogP contribution in [0.2, 0.25) is 0 Å². The number of amides is 2. The molecule has 134 valence electrons. The summed E-state index contributed by atoms with van der Waals surface area (Å²) in [6, 6.07) is 7.41. The summed E-state index contributed by atoms with van der Waals surface area (Å²) in [6.07, 6.45) is 1.81. The van der Waals surface area contributed by atoms with Crippen molar-refractivity contribution in [1.29, 1.82) is 0 Å². The number of anilines is 1. The molecule has 1 saturated heterocycles. The predicted octanol–water partition coefficient (Wildman–Crippen LogP) is 2.06. The maximum absolute atomic E-state index is 12.2. The molecule has 3 rings (SSSR count). The van der Waals surface area contributed by atoms with E-state index in [-0.39, 0.29) is 6.03 Å². The summed E-state index contributed by atoms with van der Waals surface area (Å²) in [6.45, 7) is 3.84. The number of rotatable bonds is 6. The quantitative estimate of drug-likeness (QED) is 0.797. The molecule has 1 aromatic carbocycles. The largest absolute Gasteiger partial charge is 0.493 e. The van der Waals surface area contributed by atoms with E-state index in [2.05, 4.69) is 15.2 Å². The lowest BCUT2D eigenvalue weighted by atomic mass is 10.3. The maximum atomic E-state index is 12.2. The highest BCUT2D eigenvalue weighted by Gasteiger charge is 2.22. The Morgan fingerprint density at radius 1 is 1.24 bits per heavy atom. The highest BCUT2D eigenvalue weighted by Crippen LogP contribution is 2.25. The van der Waals surface area contributed by atoms with Crippen molar-refractivity contribution in [1.82, 2.24) is 15.2 Å². The second-order valence-corrected chi connectivity index (χ2v) is 6.39. The fourth-order valence-electron chi connectivity index (χ4n) is 2.64. The zero-order chi connectivity index (χ0) is 17.5. The first-order valence-corrected chi connectivity index (χ1v) is 9.09. The number of urea groups is 1. The average Bonchev–Trinajstić information content (AvgIpc) is 3.20. The number of piperazine rings is 1. The van der Waals surface area contributed by atoms with Gasteiger partial charge < -0.3 is 24.6 Å². The number of aromatic nitrogens is 1. The number of hydrogen-bond donors (Lipinski definition) is 1. The molecule has 7 nitrogen and oxygen atoms in total. The predicted molar refractivity (Wildman–Crippen MR) is 97.8 cm³/mol. The van der Waals surface area contributed by atoms with E-state index in [9.17, 15) is 4.79 Å². The topological polar surface area (TPSA) is 66.9 Å². The van der Waals surface area contributed by atoms with Crippen molar-refractivity contribution in [2.75, 3.05) is 51.3 Å². The standard InChI is InChI=1S/C17H22N4O3S/c1-23-14-4-2-3-5-15(14)24-12-6-18-16(22)20-8-10-21(11-9-20)17-19-7-13-25-17/h2-5,7,13H,6,8-12H2,1H3,(H,18,22). The molecule has 1 aliphatic rings. The van der Waals surface area contributed by atoms with Crippen LogP contribution < -0.4 is 19.7 Å². The number of thiazole rings is 1. The first-order valence-electron chi connectivity index (χ1n) is 8.21. The number of benzene rings is 1. The van der Waals surface area contributed by atoms with E-state index >= 15 is 0 Å². The Hall–Kier alpha value is -2.48. The van der Waals surface area contributed by atoms with Gasteiger partial charge in [-0.15, -0.1) is 11.3 Å². The summed E-state index contributed by atoms with van der Waals surface area (Å²) in [7, 11) is 1.61. The van der Waals surface area contributed by atoms with Crippen LogP contribution in [0.5, 0.6) is 11.5 Å². The minimum absolute atomic E-state index is 0.0533. The Kier molecular flexibility index (Phi) is 5.95. The van der Waals surface area contributed by atoms with Crippen LogP contribution in [-0.2, 0) is 0 Å². The number of carbonyl (C=O) groups is 1. The number of methoxy groups -OCH3 is 1. The molecule has 1 aromatic heterocycles. The molecule has 1 aliphatic heterocycles. The lowest BCUT2D eigenvalue weighted by molar-refractivity contribution is 0.191. The van der Waals surface area contributed by atoms with Crippen LogP contribution in [0.4, 0.5) is 9.93 Å². The molecule has 1 fully saturated rings. The van der Waals surface area contributed by atoms with Crippen LogP contribution in [0.1, 0.15) is 0 Å². The van der Waals surface area contributed by atoms with Gasteiger partial charge >= 0.3 is 6.03 Å². The van der Waals surface area contributed by atoms with E-state index in [1.165, 1.54) is 0 Å². The van der Waals surface area contributed by atoms with Crippen LogP contribution in [0, 0.1) is 0 Å². The lowest BCUT2D eigenvalue weighted by Gasteiger charge is -2.34. The Balaban J connectivity index is 1.37. The number of ether oxygens (including phenoxy) is 2. The molecule has 0 bridgehead atoms. The van der Waals surface area contributed by atoms with Gasteiger partial charge in [-0.25, -0.2) is 9.78 Å². The number of nitrogens with one attached hydrogen (secondary N) is 1. The Morgan fingerprint density at radius 3 is 2.68 bits per heavy atom. The van der Waals surface area contributed by atoms with E-state index in [1.807, 2.05) is 34.5 Å². The van der Waals surface area contributed by atoms with Crippen LogP contribution in [0.15, 0.2) is 35.8 Å². The highest BCUT2D eigenvalue weighted by molar-refractivity contribution is 7.13. The zero-order valence-corrected chi connectivity index (χ0v) is 15.0. The third-order valence-corrected chi connectivity index (χ3v) is 4.79. The minimum Gasteiger partial charge on any atom is -0.493 e. The van der Waals surface area contributed by atoms with E-state index in [0.717, 1.165) is 18.2 Å². The summed E-state index contributed by atoms with van der Waals surface area (Å²) in [5.74, 6) is 1.36. The molecule has 25 heavy (non-hydrogen) atoms. The Bertz CT molecular complexity index is 672. The van der Waals surface area contributed by atoms with Crippen LogP contribution >= 0.6 is 11.3 Å². The van der Waals surface area contributed by atoms with Gasteiger partial charge in [0.15, 0.2) is 16.6 Å². The van der Waals surface area contributed by atoms with Gasteiger partial charge in [0.05, 0.1) is 13.7 Å². The van der Waals surface area contributed by atoms with E-state index in [4.69, 9.17) is 9.47 Å². The van der Waals surface area contributed by atoms with Gasteiger partial charge in [-0.05, 0) is 12.1 Å². The minimum atomic E-state index is -0.0533. The Labute approximate surface area is 151 Å². The molecule has 0 unspecified atom stereocenters. The second-order valence-electron chi connectivity index (χ2n) is 5.52. The molecule has 2 heterocycles. The number of carbonyl (C=O) groups excluding carboxylic acids is 1. The summed E-state index contributed by atoms with van der Waals surface area (Å²) in [4.78, 5) is 20.6. The van der Waals surface area contributed by atoms with Crippen molar-refractivity contribution in [3.63, 3.8) is 0 Å². The summed E-state index contributed by atoms with van der Waals surface area (Å²) in [5.41, 5.74) is 0. The van der Waals surface area contributed by atoms with Crippen molar-refractivity contribution < 1.29 is 14.3 Å². The summed E-state index contributed by atoms with van der Waals surface area (Å²) >= 11 is 1.63. The molecular weight excluding hydrogens is 340 g/mol. The highest BCUT2D eigenvalue weighted by atomic mass is 32.1. The van der Waals surface area contributed by atoms with Crippen LogP contribution in [0.3, 0.4) is 0 Å². The van der Waals surface area contributed by atoms with Crippen molar-refractivity contribution in [2.24, 2.45) is 0 Å². The smallest absolute Gasteiger partial charge is 0.317 e. The summed E-state index contributed by atoms with van der Waals surface area (Å²) < 4.78 is 10.9. The molecule has 0 radical (unpaired) electrons. The molecule has 0 atom stereocenters. The van der Waals surface area contributed by atoms with Gasteiger partial charge in [-0.1, -0.05) is 12.1 Å². The van der Waals surface area contributed by atoms with Crippen LogP contribution in [0.25, 0.3) is 0 Å². The van der Waals surface area contributed by atoms with Gasteiger partial charge in [0.25, 0.3) is 0 Å².